The van der Waals surface area contributed by atoms with E-state index < -0.39 is 0 Å². The maximum absolute atomic E-state index is 5.45. The number of aryl methyl sites for hydroxylation is 1. The highest BCUT2D eigenvalue weighted by Crippen LogP contribution is 2.31. The Kier molecular flexibility index (Phi) is 5.67. The molecule has 1 aromatic heterocycles. The van der Waals surface area contributed by atoms with Gasteiger partial charge >= 0.3 is 0 Å². The summed E-state index contributed by atoms with van der Waals surface area (Å²) in [6.07, 6.45) is 4.88. The summed E-state index contributed by atoms with van der Waals surface area (Å²) in [7, 11) is 0. The zero-order valence-electron chi connectivity index (χ0n) is 11.6. The van der Waals surface area contributed by atoms with Crippen molar-refractivity contribution in [2.75, 3.05) is 19.8 Å². The summed E-state index contributed by atoms with van der Waals surface area (Å²) in [5.41, 5.74) is 0. The number of ether oxygens (including phenoxy) is 1. The number of hydrogen-bond donors (Lipinski definition) is 1. The van der Waals surface area contributed by atoms with Gasteiger partial charge < -0.3 is 10.1 Å². The van der Waals surface area contributed by atoms with Crippen LogP contribution in [0.5, 0.6) is 0 Å². The average Bonchev–Trinajstić information content (AvgIpc) is 2.88. The van der Waals surface area contributed by atoms with Crippen molar-refractivity contribution in [1.29, 1.82) is 0 Å². The van der Waals surface area contributed by atoms with Crippen LogP contribution in [0.25, 0.3) is 0 Å². The lowest BCUT2D eigenvalue weighted by molar-refractivity contribution is 0.0607. The molecule has 18 heavy (non-hydrogen) atoms. The summed E-state index contributed by atoms with van der Waals surface area (Å²) in [6, 6.07) is 5.15. The van der Waals surface area contributed by atoms with Gasteiger partial charge in [0.15, 0.2) is 0 Å². The highest BCUT2D eigenvalue weighted by atomic mass is 32.1. The third kappa shape index (κ3) is 3.81. The molecule has 0 radical (unpaired) electrons. The van der Waals surface area contributed by atoms with Gasteiger partial charge in [-0.1, -0.05) is 13.8 Å². The Bertz CT molecular complexity index is 344. The Morgan fingerprint density at radius 2 is 2.11 bits per heavy atom. The summed E-state index contributed by atoms with van der Waals surface area (Å²) in [5, 5.41) is 3.65. The first-order valence-electron chi connectivity index (χ1n) is 7.23. The Morgan fingerprint density at radius 3 is 2.72 bits per heavy atom. The molecule has 1 saturated heterocycles. The molecule has 1 unspecified atom stereocenters. The van der Waals surface area contributed by atoms with Crippen LogP contribution in [-0.2, 0) is 11.2 Å². The molecule has 2 rings (SSSR count). The van der Waals surface area contributed by atoms with E-state index in [0.717, 1.165) is 32.1 Å². The summed E-state index contributed by atoms with van der Waals surface area (Å²) in [4.78, 5) is 3.01. The quantitative estimate of drug-likeness (QED) is 0.847. The molecular weight excluding hydrogens is 242 g/mol. The second-order valence-electron chi connectivity index (χ2n) is 5.06. The van der Waals surface area contributed by atoms with Gasteiger partial charge in [-0.05, 0) is 50.3 Å². The molecule has 1 aliphatic rings. The minimum Gasteiger partial charge on any atom is -0.381 e. The van der Waals surface area contributed by atoms with Crippen molar-refractivity contribution in [3.8, 4) is 0 Å². The Morgan fingerprint density at radius 1 is 1.33 bits per heavy atom. The summed E-state index contributed by atoms with van der Waals surface area (Å²) in [5.74, 6) is 0.829. The van der Waals surface area contributed by atoms with Crippen molar-refractivity contribution in [3.05, 3.63) is 21.9 Å². The fourth-order valence-corrected chi connectivity index (χ4v) is 3.67. The van der Waals surface area contributed by atoms with Crippen molar-refractivity contribution in [2.24, 2.45) is 5.92 Å². The fourth-order valence-electron chi connectivity index (χ4n) is 2.63. The predicted octanol–water partition coefficient (Wildman–Crippen LogP) is 3.78. The Balaban J connectivity index is 1.97. The van der Waals surface area contributed by atoms with E-state index in [2.05, 4.69) is 31.3 Å². The first-order chi connectivity index (χ1) is 8.83. The second kappa shape index (κ2) is 7.27. The lowest BCUT2D eigenvalue weighted by atomic mass is 9.92. The van der Waals surface area contributed by atoms with Crippen molar-refractivity contribution in [3.63, 3.8) is 0 Å². The minimum atomic E-state index is 0.545. The molecular formula is C15H25NOS. The van der Waals surface area contributed by atoms with Crippen molar-refractivity contribution >= 4 is 11.3 Å². The molecule has 0 aliphatic carbocycles. The molecule has 2 heterocycles. The van der Waals surface area contributed by atoms with Gasteiger partial charge in [0.05, 0.1) is 0 Å². The SMILES string of the molecule is CCNC(CC1CCOCC1)c1ccc(CC)s1. The van der Waals surface area contributed by atoms with Gasteiger partial charge in [0.2, 0.25) is 0 Å². The first-order valence-corrected chi connectivity index (χ1v) is 8.04. The lowest BCUT2D eigenvalue weighted by Crippen LogP contribution is -2.25. The lowest BCUT2D eigenvalue weighted by Gasteiger charge is -2.26. The molecule has 2 nitrogen and oxygen atoms in total. The van der Waals surface area contributed by atoms with Gasteiger partial charge in [0.25, 0.3) is 0 Å². The van der Waals surface area contributed by atoms with Crippen LogP contribution in [0.2, 0.25) is 0 Å². The molecule has 1 aliphatic heterocycles. The van der Waals surface area contributed by atoms with E-state index in [0.29, 0.717) is 6.04 Å². The standard InChI is InChI=1S/C15H25NOS/c1-3-13-5-6-15(18-13)14(16-4-2)11-12-7-9-17-10-8-12/h5-6,12,14,16H,3-4,7-11H2,1-2H3. The smallest absolute Gasteiger partial charge is 0.0468 e. The molecule has 3 heteroatoms. The average molecular weight is 267 g/mol. The summed E-state index contributed by atoms with van der Waals surface area (Å²) < 4.78 is 5.45. The molecule has 0 aromatic carbocycles. The van der Waals surface area contributed by atoms with Gasteiger partial charge in [-0.15, -0.1) is 11.3 Å². The van der Waals surface area contributed by atoms with Crippen molar-refractivity contribution < 1.29 is 4.74 Å². The molecule has 0 amide bonds. The fraction of sp³-hybridized carbons (Fsp3) is 0.733. The maximum Gasteiger partial charge on any atom is 0.0468 e. The zero-order valence-corrected chi connectivity index (χ0v) is 12.4. The molecule has 1 aromatic rings. The van der Waals surface area contributed by atoms with E-state index in [1.54, 1.807) is 0 Å². The van der Waals surface area contributed by atoms with Crippen LogP contribution < -0.4 is 5.32 Å². The highest BCUT2D eigenvalue weighted by Gasteiger charge is 2.20. The number of hydrogen-bond acceptors (Lipinski definition) is 3. The third-order valence-corrected chi connectivity index (χ3v) is 5.08. The molecule has 0 saturated carbocycles. The molecule has 102 valence electrons. The van der Waals surface area contributed by atoms with Crippen molar-refractivity contribution in [2.45, 2.75) is 45.6 Å². The maximum atomic E-state index is 5.45. The van der Waals surface area contributed by atoms with E-state index in [9.17, 15) is 0 Å². The molecule has 1 N–H and O–H groups in total. The monoisotopic (exact) mass is 267 g/mol. The Hall–Kier alpha value is -0.380. The highest BCUT2D eigenvalue weighted by molar-refractivity contribution is 7.12. The van der Waals surface area contributed by atoms with E-state index in [4.69, 9.17) is 4.74 Å². The number of rotatable bonds is 6. The van der Waals surface area contributed by atoms with Crippen LogP contribution in [0, 0.1) is 5.92 Å². The first kappa shape index (κ1) is 14.0. The summed E-state index contributed by atoms with van der Waals surface area (Å²) in [6.45, 7) is 7.39. The van der Waals surface area contributed by atoms with Gasteiger partial charge in [-0.25, -0.2) is 0 Å². The predicted molar refractivity (Wildman–Crippen MR) is 78.3 cm³/mol. The second-order valence-corrected chi connectivity index (χ2v) is 6.26. The van der Waals surface area contributed by atoms with Crippen LogP contribution >= 0.6 is 11.3 Å². The molecule has 0 bridgehead atoms. The third-order valence-electron chi connectivity index (χ3n) is 3.73. The van der Waals surface area contributed by atoms with Gasteiger partial charge in [0, 0.05) is 29.0 Å². The minimum absolute atomic E-state index is 0.545. The zero-order chi connectivity index (χ0) is 12.8. The largest absolute Gasteiger partial charge is 0.381 e. The van der Waals surface area contributed by atoms with Gasteiger partial charge in [-0.3, -0.25) is 0 Å². The normalized spacial score (nSPS) is 19.0. The van der Waals surface area contributed by atoms with E-state index in [1.807, 2.05) is 11.3 Å². The van der Waals surface area contributed by atoms with Crippen LogP contribution in [0.3, 0.4) is 0 Å². The molecule has 0 spiro atoms. The van der Waals surface area contributed by atoms with Crippen molar-refractivity contribution in [1.82, 2.24) is 5.32 Å². The number of nitrogens with one attached hydrogen (secondary N) is 1. The van der Waals surface area contributed by atoms with Crippen LogP contribution in [-0.4, -0.2) is 19.8 Å². The molecule has 1 atom stereocenters. The van der Waals surface area contributed by atoms with Gasteiger partial charge in [-0.2, -0.15) is 0 Å². The Labute approximate surface area is 115 Å². The van der Waals surface area contributed by atoms with Crippen LogP contribution in [0.15, 0.2) is 12.1 Å². The summed E-state index contributed by atoms with van der Waals surface area (Å²) >= 11 is 1.98. The molecule has 1 fully saturated rings. The van der Waals surface area contributed by atoms with E-state index in [1.165, 1.54) is 29.0 Å². The number of thiophene rings is 1. The van der Waals surface area contributed by atoms with Crippen LogP contribution in [0.4, 0.5) is 0 Å². The van der Waals surface area contributed by atoms with Crippen LogP contribution in [0.1, 0.15) is 48.9 Å². The topological polar surface area (TPSA) is 21.3 Å². The van der Waals surface area contributed by atoms with Gasteiger partial charge in [0.1, 0.15) is 0 Å². The van der Waals surface area contributed by atoms with E-state index >= 15 is 0 Å². The van der Waals surface area contributed by atoms with E-state index in [-0.39, 0.29) is 0 Å².